The molecule has 2 aromatic heterocycles. The van der Waals surface area contributed by atoms with E-state index in [-0.39, 0.29) is 11.7 Å². The van der Waals surface area contributed by atoms with Crippen LogP contribution in [0.1, 0.15) is 22.1 Å². The second kappa shape index (κ2) is 4.48. The van der Waals surface area contributed by atoms with Crippen molar-refractivity contribution >= 4 is 17.3 Å². The van der Waals surface area contributed by atoms with Crippen LogP contribution in [-0.2, 0) is 0 Å². The van der Waals surface area contributed by atoms with Gasteiger partial charge in [0.1, 0.15) is 0 Å². The minimum Gasteiger partial charge on any atom is -0.436 e. The smallest absolute Gasteiger partial charge is 0.295 e. The molecule has 6 nitrogen and oxygen atoms in total. The van der Waals surface area contributed by atoms with E-state index in [0.717, 1.165) is 0 Å². The van der Waals surface area contributed by atoms with E-state index in [2.05, 4.69) is 9.97 Å². The van der Waals surface area contributed by atoms with E-state index in [9.17, 15) is 4.79 Å². The largest absolute Gasteiger partial charge is 0.436 e. The molecule has 94 valence electrons. The predicted octanol–water partition coefficient (Wildman–Crippen LogP) is 1.55. The van der Waals surface area contributed by atoms with Gasteiger partial charge >= 0.3 is 0 Å². The molecule has 0 atom stereocenters. The molecular formula is C12H14N4O2. The van der Waals surface area contributed by atoms with Crippen LogP contribution >= 0.6 is 0 Å². The van der Waals surface area contributed by atoms with Crippen LogP contribution in [0, 0.1) is 13.8 Å². The maximum absolute atomic E-state index is 12.2. The van der Waals surface area contributed by atoms with E-state index < -0.39 is 0 Å². The lowest BCUT2D eigenvalue weighted by molar-refractivity contribution is 0.0964. The number of hydrogen-bond donors (Lipinski definition) is 1. The van der Waals surface area contributed by atoms with Gasteiger partial charge in [-0.1, -0.05) is 0 Å². The van der Waals surface area contributed by atoms with Crippen molar-refractivity contribution in [3.05, 3.63) is 35.8 Å². The molecule has 0 aliphatic rings. The van der Waals surface area contributed by atoms with Gasteiger partial charge in [-0.3, -0.25) is 9.78 Å². The number of carbonyl (C=O) groups excluding carboxylic acids is 1. The molecule has 2 heterocycles. The van der Waals surface area contributed by atoms with Crippen LogP contribution in [0.3, 0.4) is 0 Å². The summed E-state index contributed by atoms with van der Waals surface area (Å²) in [6.45, 7) is 3.43. The summed E-state index contributed by atoms with van der Waals surface area (Å²) in [4.78, 5) is 21.6. The van der Waals surface area contributed by atoms with Gasteiger partial charge in [0.2, 0.25) is 5.76 Å². The molecule has 0 saturated carbocycles. The summed E-state index contributed by atoms with van der Waals surface area (Å²) < 4.78 is 5.30. The van der Waals surface area contributed by atoms with Crippen LogP contribution < -0.4 is 10.6 Å². The van der Waals surface area contributed by atoms with Crippen LogP contribution in [0.15, 0.2) is 22.9 Å². The molecule has 0 saturated heterocycles. The number of aryl methyl sites for hydroxylation is 2. The van der Waals surface area contributed by atoms with Gasteiger partial charge in [0.15, 0.2) is 5.89 Å². The van der Waals surface area contributed by atoms with Crippen LogP contribution in [0.25, 0.3) is 0 Å². The zero-order valence-corrected chi connectivity index (χ0v) is 10.5. The predicted molar refractivity (Wildman–Crippen MR) is 67.4 cm³/mol. The molecular weight excluding hydrogens is 232 g/mol. The first kappa shape index (κ1) is 12.1. The summed E-state index contributed by atoms with van der Waals surface area (Å²) in [5.41, 5.74) is 7.36. The van der Waals surface area contributed by atoms with Crippen LogP contribution in [-0.4, -0.2) is 22.9 Å². The highest BCUT2D eigenvalue weighted by Gasteiger charge is 2.22. The van der Waals surface area contributed by atoms with Crippen LogP contribution in [0.4, 0.5) is 11.4 Å². The SMILES string of the molecule is Cc1nc(C)c(C(=O)N(C)c2ccncc2N)o1. The molecule has 1 amide bonds. The van der Waals surface area contributed by atoms with Gasteiger partial charge in [0.25, 0.3) is 5.91 Å². The average molecular weight is 246 g/mol. The van der Waals surface area contributed by atoms with Crippen molar-refractivity contribution in [1.82, 2.24) is 9.97 Å². The van der Waals surface area contributed by atoms with Gasteiger partial charge < -0.3 is 15.1 Å². The Labute approximate surface area is 104 Å². The highest BCUT2D eigenvalue weighted by Crippen LogP contribution is 2.22. The van der Waals surface area contributed by atoms with Crippen molar-refractivity contribution in [1.29, 1.82) is 0 Å². The lowest BCUT2D eigenvalue weighted by Gasteiger charge is -2.17. The summed E-state index contributed by atoms with van der Waals surface area (Å²) >= 11 is 0. The first-order valence-corrected chi connectivity index (χ1v) is 5.42. The Morgan fingerprint density at radius 2 is 2.17 bits per heavy atom. The van der Waals surface area contributed by atoms with Gasteiger partial charge in [-0.25, -0.2) is 4.98 Å². The number of amides is 1. The average Bonchev–Trinajstić information content (AvgIpc) is 2.67. The van der Waals surface area contributed by atoms with Gasteiger partial charge in [-0.2, -0.15) is 0 Å². The fourth-order valence-corrected chi connectivity index (χ4v) is 1.70. The first-order chi connectivity index (χ1) is 8.50. The minimum absolute atomic E-state index is 0.228. The van der Waals surface area contributed by atoms with Crippen molar-refractivity contribution in [2.75, 3.05) is 17.7 Å². The minimum atomic E-state index is -0.286. The van der Waals surface area contributed by atoms with Crippen LogP contribution in [0.2, 0.25) is 0 Å². The Morgan fingerprint density at radius 3 is 2.72 bits per heavy atom. The summed E-state index contributed by atoms with van der Waals surface area (Å²) in [6, 6.07) is 1.67. The molecule has 18 heavy (non-hydrogen) atoms. The molecule has 2 aromatic rings. The van der Waals surface area contributed by atoms with Crippen molar-refractivity contribution in [3.63, 3.8) is 0 Å². The molecule has 0 aromatic carbocycles. The Hall–Kier alpha value is -2.37. The number of nitrogens with zero attached hydrogens (tertiary/aromatic N) is 3. The first-order valence-electron chi connectivity index (χ1n) is 5.42. The van der Waals surface area contributed by atoms with Crippen molar-refractivity contribution in [2.45, 2.75) is 13.8 Å². The van der Waals surface area contributed by atoms with Gasteiger partial charge in [0, 0.05) is 20.2 Å². The monoisotopic (exact) mass is 246 g/mol. The second-order valence-corrected chi connectivity index (χ2v) is 3.95. The van der Waals surface area contributed by atoms with E-state index >= 15 is 0 Å². The number of carbonyl (C=O) groups is 1. The lowest BCUT2D eigenvalue weighted by Crippen LogP contribution is -2.27. The number of anilines is 2. The number of oxazole rings is 1. The standard InChI is InChI=1S/C12H14N4O2/c1-7-11(18-8(2)15-7)12(17)16(3)10-4-5-14-6-9(10)13/h4-6H,13H2,1-3H3. The molecule has 0 unspecified atom stereocenters. The molecule has 6 heteroatoms. The third-order valence-corrected chi connectivity index (χ3v) is 2.59. The number of rotatable bonds is 2. The number of hydrogen-bond acceptors (Lipinski definition) is 5. The molecule has 0 fully saturated rings. The molecule has 0 aliphatic heterocycles. The molecule has 0 bridgehead atoms. The van der Waals surface area contributed by atoms with Crippen molar-refractivity contribution in [2.24, 2.45) is 0 Å². The van der Waals surface area contributed by atoms with E-state index in [1.807, 2.05) is 0 Å². The Balaban J connectivity index is 2.35. The quantitative estimate of drug-likeness (QED) is 0.868. The fourth-order valence-electron chi connectivity index (χ4n) is 1.70. The molecule has 2 rings (SSSR count). The zero-order valence-electron chi connectivity index (χ0n) is 10.5. The number of pyridine rings is 1. The summed E-state index contributed by atoms with van der Waals surface area (Å²) in [5, 5.41) is 0. The van der Waals surface area contributed by atoms with Crippen molar-refractivity contribution < 1.29 is 9.21 Å². The van der Waals surface area contributed by atoms with Gasteiger partial charge in [0.05, 0.1) is 23.3 Å². The molecule has 0 spiro atoms. The highest BCUT2D eigenvalue weighted by atomic mass is 16.4. The molecule has 2 N–H and O–H groups in total. The third kappa shape index (κ3) is 2.04. The van der Waals surface area contributed by atoms with E-state index in [1.165, 1.54) is 11.1 Å². The van der Waals surface area contributed by atoms with Gasteiger partial charge in [-0.05, 0) is 13.0 Å². The maximum Gasteiger partial charge on any atom is 0.295 e. The summed E-state index contributed by atoms with van der Waals surface area (Å²) in [5.74, 6) is 0.407. The highest BCUT2D eigenvalue weighted by molar-refractivity contribution is 6.05. The molecule has 0 radical (unpaired) electrons. The second-order valence-electron chi connectivity index (χ2n) is 3.95. The summed E-state index contributed by atoms with van der Waals surface area (Å²) in [6.07, 6.45) is 3.07. The maximum atomic E-state index is 12.2. The molecule has 0 aliphatic carbocycles. The number of aromatic nitrogens is 2. The fraction of sp³-hybridized carbons (Fsp3) is 0.250. The Bertz CT molecular complexity index is 592. The lowest BCUT2D eigenvalue weighted by atomic mass is 10.3. The Kier molecular flexibility index (Phi) is 3.01. The van der Waals surface area contributed by atoms with E-state index in [0.29, 0.717) is 23.0 Å². The van der Waals surface area contributed by atoms with Crippen LogP contribution in [0.5, 0.6) is 0 Å². The third-order valence-electron chi connectivity index (χ3n) is 2.59. The van der Waals surface area contributed by atoms with Gasteiger partial charge in [-0.15, -0.1) is 0 Å². The summed E-state index contributed by atoms with van der Waals surface area (Å²) in [7, 11) is 1.63. The number of nitrogen functional groups attached to an aromatic ring is 1. The van der Waals surface area contributed by atoms with Crippen molar-refractivity contribution in [3.8, 4) is 0 Å². The Morgan fingerprint density at radius 1 is 1.44 bits per heavy atom. The van der Waals surface area contributed by atoms with E-state index in [4.69, 9.17) is 10.2 Å². The zero-order chi connectivity index (χ0) is 13.3. The van der Waals surface area contributed by atoms with E-state index in [1.54, 1.807) is 33.2 Å². The topological polar surface area (TPSA) is 85.2 Å². The number of nitrogens with two attached hydrogens (primary N) is 1. The normalized spacial score (nSPS) is 10.4.